The van der Waals surface area contributed by atoms with Crippen molar-refractivity contribution in [3.63, 3.8) is 0 Å². The van der Waals surface area contributed by atoms with E-state index in [1.54, 1.807) is 0 Å². The van der Waals surface area contributed by atoms with Crippen molar-refractivity contribution in [2.45, 2.75) is 0 Å². The van der Waals surface area contributed by atoms with Crippen LogP contribution in [0.4, 0.5) is 0 Å². The van der Waals surface area contributed by atoms with Crippen LogP contribution in [0.15, 0.2) is 212 Å². The van der Waals surface area contributed by atoms with E-state index in [4.69, 9.17) is 15.0 Å². The van der Waals surface area contributed by atoms with Crippen LogP contribution in [0.5, 0.6) is 0 Å². The first-order valence-corrected chi connectivity index (χ1v) is 18.9. The van der Waals surface area contributed by atoms with Gasteiger partial charge in [-0.15, -0.1) is 0 Å². The molecule has 0 aliphatic carbocycles. The summed E-state index contributed by atoms with van der Waals surface area (Å²) in [6.45, 7) is 0. The van der Waals surface area contributed by atoms with E-state index >= 15 is 0 Å². The highest BCUT2D eigenvalue weighted by Crippen LogP contribution is 2.37. The van der Waals surface area contributed by atoms with E-state index in [0.717, 1.165) is 50.1 Å². The number of benzene rings is 9. The van der Waals surface area contributed by atoms with Crippen LogP contribution in [-0.4, -0.2) is 15.0 Å². The quantitative estimate of drug-likeness (QED) is 0.165. The van der Waals surface area contributed by atoms with Gasteiger partial charge in [0, 0.05) is 16.7 Å². The van der Waals surface area contributed by atoms with Gasteiger partial charge in [-0.05, 0) is 84.3 Å². The lowest BCUT2D eigenvalue weighted by atomic mass is 9.94. The molecule has 0 fully saturated rings. The molecule has 0 N–H and O–H groups in total. The fourth-order valence-electron chi connectivity index (χ4n) is 7.52. The second-order valence-electron chi connectivity index (χ2n) is 14.1. The fraction of sp³-hybridized carbons (Fsp3) is 0. The van der Waals surface area contributed by atoms with Crippen LogP contribution in [-0.2, 0) is 0 Å². The topological polar surface area (TPSA) is 38.7 Å². The van der Waals surface area contributed by atoms with E-state index in [1.165, 1.54) is 32.7 Å². The monoisotopic (exact) mass is 713 g/mol. The van der Waals surface area contributed by atoms with E-state index in [1.807, 2.05) is 12.1 Å². The highest BCUT2D eigenvalue weighted by molar-refractivity contribution is 5.89. The van der Waals surface area contributed by atoms with Crippen LogP contribution in [0.1, 0.15) is 0 Å². The molecule has 0 radical (unpaired) electrons. The van der Waals surface area contributed by atoms with Crippen LogP contribution >= 0.6 is 0 Å². The van der Waals surface area contributed by atoms with Gasteiger partial charge in [0.1, 0.15) is 0 Å². The summed E-state index contributed by atoms with van der Waals surface area (Å²) in [7, 11) is 0. The van der Waals surface area contributed by atoms with Crippen molar-refractivity contribution in [1.29, 1.82) is 0 Å². The molecule has 1 aromatic heterocycles. The summed E-state index contributed by atoms with van der Waals surface area (Å²) in [5.74, 6) is 1.87. The fourth-order valence-corrected chi connectivity index (χ4v) is 7.52. The minimum atomic E-state index is 0.623. The van der Waals surface area contributed by atoms with Gasteiger partial charge in [0.2, 0.25) is 0 Å². The van der Waals surface area contributed by atoms with Crippen molar-refractivity contribution in [3.05, 3.63) is 212 Å². The maximum atomic E-state index is 5.24. The van der Waals surface area contributed by atoms with E-state index in [0.29, 0.717) is 17.5 Å². The third-order valence-corrected chi connectivity index (χ3v) is 10.5. The summed E-state index contributed by atoms with van der Waals surface area (Å²) >= 11 is 0. The van der Waals surface area contributed by atoms with Crippen molar-refractivity contribution in [2.75, 3.05) is 0 Å². The Morgan fingerprint density at radius 2 is 0.554 bits per heavy atom. The maximum Gasteiger partial charge on any atom is 0.164 e. The third-order valence-electron chi connectivity index (χ3n) is 10.5. The van der Waals surface area contributed by atoms with Gasteiger partial charge in [-0.1, -0.05) is 194 Å². The first-order valence-electron chi connectivity index (χ1n) is 18.9. The van der Waals surface area contributed by atoms with E-state index in [9.17, 15) is 0 Å². The summed E-state index contributed by atoms with van der Waals surface area (Å²) in [5, 5.41) is 4.91. The highest BCUT2D eigenvalue weighted by Gasteiger charge is 2.17. The molecule has 0 spiro atoms. The van der Waals surface area contributed by atoms with Crippen molar-refractivity contribution in [1.82, 2.24) is 15.0 Å². The number of fused-ring (bicyclic) bond motifs is 2. The van der Waals surface area contributed by atoms with Crippen molar-refractivity contribution >= 4 is 21.5 Å². The Kier molecular flexibility index (Phi) is 8.51. The molecule has 0 saturated heterocycles. The lowest BCUT2D eigenvalue weighted by Crippen LogP contribution is -2.01. The first kappa shape index (κ1) is 33.1. The maximum absolute atomic E-state index is 5.24. The Balaban J connectivity index is 1.11. The Hall–Kier alpha value is -7.49. The minimum Gasteiger partial charge on any atom is -0.208 e. The van der Waals surface area contributed by atoms with Crippen molar-refractivity contribution < 1.29 is 0 Å². The number of hydrogen-bond donors (Lipinski definition) is 0. The highest BCUT2D eigenvalue weighted by atomic mass is 15.0. The molecule has 262 valence electrons. The van der Waals surface area contributed by atoms with Gasteiger partial charge in [0.25, 0.3) is 0 Å². The Bertz CT molecular complexity index is 2850. The number of aromatic nitrogens is 3. The molecule has 0 aliphatic rings. The smallest absolute Gasteiger partial charge is 0.164 e. The van der Waals surface area contributed by atoms with Crippen molar-refractivity contribution in [3.8, 4) is 78.7 Å². The van der Waals surface area contributed by atoms with Crippen LogP contribution < -0.4 is 0 Å². The predicted molar refractivity (Wildman–Crippen MR) is 233 cm³/mol. The molecule has 1 heterocycles. The van der Waals surface area contributed by atoms with Crippen LogP contribution in [0.3, 0.4) is 0 Å². The molecule has 0 atom stereocenters. The molecule has 0 bridgehead atoms. The zero-order chi connectivity index (χ0) is 37.3. The lowest BCUT2D eigenvalue weighted by Gasteiger charge is -2.14. The molecular formula is C53H35N3. The Morgan fingerprint density at radius 1 is 0.196 bits per heavy atom. The molecule has 3 heteroatoms. The predicted octanol–water partition coefficient (Wildman–Crippen LogP) is 13.8. The average molecular weight is 714 g/mol. The third kappa shape index (κ3) is 6.52. The van der Waals surface area contributed by atoms with Gasteiger partial charge in [-0.25, -0.2) is 15.0 Å². The molecule has 10 rings (SSSR count). The zero-order valence-electron chi connectivity index (χ0n) is 30.5. The molecule has 3 nitrogen and oxygen atoms in total. The Labute approximate surface area is 326 Å². The second kappa shape index (κ2) is 14.4. The van der Waals surface area contributed by atoms with Crippen LogP contribution in [0, 0.1) is 0 Å². The summed E-state index contributed by atoms with van der Waals surface area (Å²) in [6.07, 6.45) is 0. The summed E-state index contributed by atoms with van der Waals surface area (Å²) < 4.78 is 0. The lowest BCUT2D eigenvalue weighted by molar-refractivity contribution is 1.07. The molecule has 10 aromatic rings. The molecule has 0 saturated carbocycles. The average Bonchev–Trinajstić information content (AvgIpc) is 3.29. The minimum absolute atomic E-state index is 0.623. The summed E-state index contributed by atoms with van der Waals surface area (Å²) in [5.41, 5.74) is 11.8. The normalized spacial score (nSPS) is 11.2. The molecule has 56 heavy (non-hydrogen) atoms. The summed E-state index contributed by atoms with van der Waals surface area (Å²) in [6, 6.07) is 74.8. The van der Waals surface area contributed by atoms with E-state index in [2.05, 4.69) is 200 Å². The Morgan fingerprint density at radius 3 is 1.07 bits per heavy atom. The zero-order valence-corrected chi connectivity index (χ0v) is 30.5. The number of nitrogens with zero attached hydrogens (tertiary/aromatic N) is 3. The second-order valence-corrected chi connectivity index (χ2v) is 14.1. The molecule has 0 amide bonds. The van der Waals surface area contributed by atoms with Crippen molar-refractivity contribution in [2.24, 2.45) is 0 Å². The summed E-state index contributed by atoms with van der Waals surface area (Å²) in [4.78, 5) is 15.6. The number of hydrogen-bond acceptors (Lipinski definition) is 3. The SMILES string of the molecule is c1ccc(-c2ccc(-c3ccccc3)c(-c3nc(-c4ccc(-c5ccc6ccccc6c5)cc4)nc(-c4ccc(-c5ccc6ccccc6c5)cc4)n3)c2)cc1. The molecular weight excluding hydrogens is 679 g/mol. The van der Waals surface area contributed by atoms with E-state index < -0.39 is 0 Å². The van der Waals surface area contributed by atoms with Gasteiger partial charge in [0.05, 0.1) is 0 Å². The molecule has 9 aromatic carbocycles. The standard InChI is InChI=1S/C53H35N3/c1-3-11-36(12-4-1)48-31-32-49(41-15-5-2-6-16-41)50(35-48)53-55-51(42-25-19-39(20-26-42)46-29-23-37-13-7-9-17-44(37)33-46)54-52(56-53)43-27-21-40(22-28-43)47-30-24-38-14-8-10-18-45(38)34-47/h1-35H. The first-order chi connectivity index (χ1) is 27.7. The van der Waals surface area contributed by atoms with Gasteiger partial charge in [0.15, 0.2) is 17.5 Å². The number of rotatable bonds is 7. The van der Waals surface area contributed by atoms with Crippen LogP contribution in [0.25, 0.3) is 100 Å². The van der Waals surface area contributed by atoms with Gasteiger partial charge < -0.3 is 0 Å². The van der Waals surface area contributed by atoms with Crippen LogP contribution in [0.2, 0.25) is 0 Å². The largest absolute Gasteiger partial charge is 0.208 e. The molecule has 0 aliphatic heterocycles. The van der Waals surface area contributed by atoms with E-state index in [-0.39, 0.29) is 0 Å². The van der Waals surface area contributed by atoms with Gasteiger partial charge in [-0.3, -0.25) is 0 Å². The van der Waals surface area contributed by atoms with Gasteiger partial charge >= 0.3 is 0 Å². The molecule has 0 unspecified atom stereocenters. The van der Waals surface area contributed by atoms with Gasteiger partial charge in [-0.2, -0.15) is 0 Å².